The molecule has 0 radical (unpaired) electrons. The topological polar surface area (TPSA) is 64.6 Å². The molecule has 2 aromatic rings. The molecular formula is C20H25N3O3. The Morgan fingerprint density at radius 3 is 2.77 bits per heavy atom. The van der Waals surface area contributed by atoms with E-state index in [1.54, 1.807) is 19.5 Å². The number of ether oxygens (including phenoxy) is 2. The van der Waals surface area contributed by atoms with E-state index in [1.165, 1.54) is 0 Å². The Hall–Kier alpha value is -2.63. The van der Waals surface area contributed by atoms with Crippen molar-refractivity contribution in [2.24, 2.45) is 0 Å². The van der Waals surface area contributed by atoms with Gasteiger partial charge in [0, 0.05) is 37.8 Å². The molecule has 1 atom stereocenters. The SMILES string of the molecule is CCCC(=O)N1CCC[C@H](c2nccnc2Oc2ccccc2OC)C1. The molecule has 138 valence electrons. The zero-order valence-corrected chi connectivity index (χ0v) is 15.4. The third-order valence-corrected chi connectivity index (χ3v) is 4.59. The first-order chi connectivity index (χ1) is 12.7. The number of amides is 1. The predicted octanol–water partition coefficient (Wildman–Crippen LogP) is 3.78. The van der Waals surface area contributed by atoms with Gasteiger partial charge in [-0.3, -0.25) is 9.78 Å². The molecular weight excluding hydrogens is 330 g/mol. The Labute approximate surface area is 154 Å². The van der Waals surface area contributed by atoms with Crippen LogP contribution in [0.2, 0.25) is 0 Å². The van der Waals surface area contributed by atoms with Gasteiger partial charge in [-0.1, -0.05) is 19.1 Å². The van der Waals surface area contributed by atoms with Crippen LogP contribution in [0.4, 0.5) is 0 Å². The fraction of sp³-hybridized carbons (Fsp3) is 0.450. The van der Waals surface area contributed by atoms with E-state index in [9.17, 15) is 4.79 Å². The Bertz CT molecular complexity index is 751. The summed E-state index contributed by atoms with van der Waals surface area (Å²) in [5.74, 6) is 2.07. The zero-order chi connectivity index (χ0) is 18.4. The average molecular weight is 355 g/mol. The fourth-order valence-electron chi connectivity index (χ4n) is 3.30. The van der Waals surface area contributed by atoms with Crippen LogP contribution in [-0.2, 0) is 4.79 Å². The second kappa shape index (κ2) is 8.65. The van der Waals surface area contributed by atoms with Gasteiger partial charge in [0.2, 0.25) is 11.8 Å². The average Bonchev–Trinajstić information content (AvgIpc) is 2.69. The predicted molar refractivity (Wildman–Crippen MR) is 98.6 cm³/mol. The summed E-state index contributed by atoms with van der Waals surface area (Å²) in [6.45, 7) is 3.51. The van der Waals surface area contributed by atoms with Crippen LogP contribution >= 0.6 is 0 Å². The highest BCUT2D eigenvalue weighted by molar-refractivity contribution is 5.76. The molecule has 0 unspecified atom stereocenters. The Morgan fingerprint density at radius 1 is 1.23 bits per heavy atom. The van der Waals surface area contributed by atoms with Gasteiger partial charge >= 0.3 is 0 Å². The van der Waals surface area contributed by atoms with Crippen molar-refractivity contribution in [2.75, 3.05) is 20.2 Å². The largest absolute Gasteiger partial charge is 0.493 e. The van der Waals surface area contributed by atoms with Gasteiger partial charge in [0.05, 0.1) is 7.11 Å². The summed E-state index contributed by atoms with van der Waals surface area (Å²) in [6.07, 6.45) is 6.70. The van der Waals surface area contributed by atoms with E-state index in [0.29, 0.717) is 30.3 Å². The number of nitrogens with zero attached hydrogens (tertiary/aromatic N) is 3. The van der Waals surface area contributed by atoms with E-state index in [2.05, 4.69) is 9.97 Å². The standard InChI is InChI=1S/C20H25N3O3/c1-3-7-18(24)23-13-6-8-15(14-23)19-20(22-12-11-21-19)26-17-10-5-4-9-16(17)25-2/h4-5,9-12,15H,3,6-8,13-14H2,1-2H3/t15-/m0/s1. The van der Waals surface area contributed by atoms with Crippen molar-refractivity contribution in [2.45, 2.75) is 38.5 Å². The van der Waals surface area contributed by atoms with E-state index in [1.807, 2.05) is 36.1 Å². The summed E-state index contributed by atoms with van der Waals surface area (Å²) >= 11 is 0. The highest BCUT2D eigenvalue weighted by Crippen LogP contribution is 2.35. The van der Waals surface area contributed by atoms with E-state index < -0.39 is 0 Å². The van der Waals surface area contributed by atoms with Crippen LogP contribution in [0, 0.1) is 0 Å². The molecule has 0 bridgehead atoms. The maximum absolute atomic E-state index is 12.3. The molecule has 6 heteroatoms. The summed E-state index contributed by atoms with van der Waals surface area (Å²) in [5.41, 5.74) is 0.799. The Morgan fingerprint density at radius 2 is 2.00 bits per heavy atom. The molecule has 1 saturated heterocycles. The second-order valence-electron chi connectivity index (χ2n) is 6.43. The molecule has 0 aliphatic carbocycles. The molecule has 1 amide bonds. The summed E-state index contributed by atoms with van der Waals surface area (Å²) in [5, 5.41) is 0. The van der Waals surface area contributed by atoms with Gasteiger partial charge in [-0.25, -0.2) is 4.98 Å². The van der Waals surface area contributed by atoms with Crippen LogP contribution in [0.1, 0.15) is 44.2 Å². The number of likely N-dealkylation sites (tertiary alicyclic amines) is 1. The second-order valence-corrected chi connectivity index (χ2v) is 6.43. The number of rotatable bonds is 6. The molecule has 26 heavy (non-hydrogen) atoms. The van der Waals surface area contributed by atoms with Crippen molar-refractivity contribution < 1.29 is 14.3 Å². The summed E-state index contributed by atoms with van der Waals surface area (Å²) < 4.78 is 11.4. The molecule has 1 fully saturated rings. The van der Waals surface area contributed by atoms with Crippen LogP contribution in [0.5, 0.6) is 17.4 Å². The number of aromatic nitrogens is 2. The van der Waals surface area contributed by atoms with Crippen molar-refractivity contribution in [3.05, 3.63) is 42.4 Å². The number of hydrogen-bond acceptors (Lipinski definition) is 5. The number of piperidine rings is 1. The lowest BCUT2D eigenvalue weighted by molar-refractivity contribution is -0.132. The number of para-hydroxylation sites is 2. The minimum Gasteiger partial charge on any atom is -0.493 e. The molecule has 1 aromatic carbocycles. The minimum absolute atomic E-state index is 0.128. The highest BCUT2D eigenvalue weighted by atomic mass is 16.5. The van der Waals surface area contributed by atoms with Gasteiger partial charge in [-0.2, -0.15) is 0 Å². The van der Waals surface area contributed by atoms with Crippen LogP contribution in [-0.4, -0.2) is 41.0 Å². The van der Waals surface area contributed by atoms with E-state index in [0.717, 1.165) is 31.5 Å². The molecule has 0 saturated carbocycles. The quantitative estimate of drug-likeness (QED) is 0.789. The fourth-order valence-corrected chi connectivity index (χ4v) is 3.30. The van der Waals surface area contributed by atoms with Crippen LogP contribution in [0.3, 0.4) is 0 Å². The molecule has 2 heterocycles. The number of carbonyl (C=O) groups excluding carboxylic acids is 1. The third kappa shape index (κ3) is 4.12. The van der Waals surface area contributed by atoms with Crippen LogP contribution < -0.4 is 9.47 Å². The normalized spacial score (nSPS) is 17.0. The number of benzene rings is 1. The van der Waals surface area contributed by atoms with Crippen molar-refractivity contribution in [3.63, 3.8) is 0 Å². The maximum atomic E-state index is 12.3. The summed E-state index contributed by atoms with van der Waals surface area (Å²) in [7, 11) is 1.61. The Kier molecular flexibility index (Phi) is 6.04. The maximum Gasteiger partial charge on any atom is 0.241 e. The van der Waals surface area contributed by atoms with E-state index in [-0.39, 0.29) is 11.8 Å². The number of hydrogen-bond donors (Lipinski definition) is 0. The first kappa shape index (κ1) is 18.2. The molecule has 3 rings (SSSR count). The van der Waals surface area contributed by atoms with Gasteiger partial charge in [-0.15, -0.1) is 0 Å². The van der Waals surface area contributed by atoms with Crippen LogP contribution in [0.25, 0.3) is 0 Å². The Balaban J connectivity index is 1.81. The van der Waals surface area contributed by atoms with E-state index >= 15 is 0 Å². The molecule has 1 aromatic heterocycles. The number of carbonyl (C=O) groups is 1. The molecule has 0 N–H and O–H groups in total. The van der Waals surface area contributed by atoms with Gasteiger partial charge in [0.1, 0.15) is 5.69 Å². The molecule has 1 aliphatic heterocycles. The number of methoxy groups -OCH3 is 1. The van der Waals surface area contributed by atoms with Crippen molar-refractivity contribution in [1.29, 1.82) is 0 Å². The molecule has 0 spiro atoms. The summed E-state index contributed by atoms with van der Waals surface area (Å²) in [6, 6.07) is 7.47. The smallest absolute Gasteiger partial charge is 0.241 e. The first-order valence-electron chi connectivity index (χ1n) is 9.12. The zero-order valence-electron chi connectivity index (χ0n) is 15.4. The monoisotopic (exact) mass is 355 g/mol. The van der Waals surface area contributed by atoms with Gasteiger partial charge < -0.3 is 14.4 Å². The molecule has 1 aliphatic rings. The van der Waals surface area contributed by atoms with Crippen molar-refractivity contribution in [1.82, 2.24) is 14.9 Å². The lowest BCUT2D eigenvalue weighted by atomic mass is 9.94. The lowest BCUT2D eigenvalue weighted by Crippen LogP contribution is -2.39. The van der Waals surface area contributed by atoms with Crippen LogP contribution in [0.15, 0.2) is 36.7 Å². The van der Waals surface area contributed by atoms with Gasteiger partial charge in [0.15, 0.2) is 11.5 Å². The first-order valence-corrected chi connectivity index (χ1v) is 9.12. The van der Waals surface area contributed by atoms with Gasteiger partial charge in [0.25, 0.3) is 0 Å². The van der Waals surface area contributed by atoms with Crippen molar-refractivity contribution in [3.8, 4) is 17.4 Å². The lowest BCUT2D eigenvalue weighted by Gasteiger charge is -2.32. The highest BCUT2D eigenvalue weighted by Gasteiger charge is 2.28. The van der Waals surface area contributed by atoms with E-state index in [4.69, 9.17) is 9.47 Å². The summed E-state index contributed by atoms with van der Waals surface area (Å²) in [4.78, 5) is 23.1. The molecule has 6 nitrogen and oxygen atoms in total. The third-order valence-electron chi connectivity index (χ3n) is 4.59. The van der Waals surface area contributed by atoms with Crippen molar-refractivity contribution >= 4 is 5.91 Å². The van der Waals surface area contributed by atoms with Gasteiger partial charge in [-0.05, 0) is 31.4 Å². The minimum atomic E-state index is 0.128.